The van der Waals surface area contributed by atoms with Gasteiger partial charge in [0.15, 0.2) is 11.6 Å². The third-order valence-corrected chi connectivity index (χ3v) is 5.94. The van der Waals surface area contributed by atoms with Crippen molar-refractivity contribution in [2.45, 2.75) is 26.2 Å². The number of hydrogen-bond acceptors (Lipinski definition) is 6. The Labute approximate surface area is 155 Å². The molecule has 1 amide bonds. The van der Waals surface area contributed by atoms with E-state index in [0.29, 0.717) is 13.2 Å². The Morgan fingerprint density at radius 2 is 1.58 bits per heavy atom. The molecule has 3 aliphatic rings. The van der Waals surface area contributed by atoms with Crippen molar-refractivity contribution < 1.29 is 9.53 Å². The van der Waals surface area contributed by atoms with Crippen LogP contribution in [-0.4, -0.2) is 73.5 Å². The molecule has 26 heavy (non-hydrogen) atoms. The number of hydrogen-bond donors (Lipinski definition) is 0. The van der Waals surface area contributed by atoms with Crippen LogP contribution in [-0.2, 0) is 9.53 Å². The van der Waals surface area contributed by atoms with Gasteiger partial charge in [0, 0.05) is 45.9 Å². The molecule has 3 aliphatic heterocycles. The van der Waals surface area contributed by atoms with Gasteiger partial charge in [-0.3, -0.25) is 4.79 Å². The van der Waals surface area contributed by atoms with Crippen molar-refractivity contribution in [1.82, 2.24) is 15.1 Å². The molecular formula is C19H29N5O2. The summed E-state index contributed by atoms with van der Waals surface area (Å²) in [5.74, 6) is 3.02. The SMILES string of the molecule is CC1CCN(c2ccc(N3CCN(C(=O)C4CCOC4)CC3)nn2)CC1. The van der Waals surface area contributed by atoms with E-state index in [-0.39, 0.29) is 11.8 Å². The fourth-order valence-electron chi connectivity index (χ4n) is 4.04. The Morgan fingerprint density at radius 3 is 2.12 bits per heavy atom. The maximum atomic E-state index is 12.5. The van der Waals surface area contributed by atoms with E-state index >= 15 is 0 Å². The maximum Gasteiger partial charge on any atom is 0.228 e. The van der Waals surface area contributed by atoms with Gasteiger partial charge in [-0.15, -0.1) is 10.2 Å². The van der Waals surface area contributed by atoms with Crippen LogP contribution in [0.5, 0.6) is 0 Å². The number of carbonyl (C=O) groups excluding carboxylic acids is 1. The largest absolute Gasteiger partial charge is 0.381 e. The first-order valence-electron chi connectivity index (χ1n) is 9.91. The lowest BCUT2D eigenvalue weighted by atomic mass is 9.99. The van der Waals surface area contributed by atoms with E-state index in [2.05, 4.69) is 39.1 Å². The van der Waals surface area contributed by atoms with Crippen molar-refractivity contribution >= 4 is 17.5 Å². The molecule has 0 saturated carbocycles. The minimum atomic E-state index is 0.0629. The Balaban J connectivity index is 1.31. The fourth-order valence-corrected chi connectivity index (χ4v) is 4.04. The number of aromatic nitrogens is 2. The van der Waals surface area contributed by atoms with Gasteiger partial charge in [-0.05, 0) is 37.3 Å². The molecule has 0 spiro atoms. The Kier molecular flexibility index (Phi) is 5.24. The van der Waals surface area contributed by atoms with Crippen molar-refractivity contribution in [3.8, 4) is 0 Å². The van der Waals surface area contributed by atoms with Crippen molar-refractivity contribution in [3.63, 3.8) is 0 Å². The second kappa shape index (κ2) is 7.78. The number of nitrogens with zero attached hydrogens (tertiary/aromatic N) is 5. The summed E-state index contributed by atoms with van der Waals surface area (Å²) in [7, 11) is 0. The highest BCUT2D eigenvalue weighted by atomic mass is 16.5. The molecule has 0 N–H and O–H groups in total. The number of anilines is 2. The summed E-state index contributed by atoms with van der Waals surface area (Å²) in [5.41, 5.74) is 0. The summed E-state index contributed by atoms with van der Waals surface area (Å²) in [5, 5.41) is 8.91. The van der Waals surface area contributed by atoms with E-state index in [9.17, 15) is 4.79 Å². The molecule has 3 fully saturated rings. The van der Waals surface area contributed by atoms with Crippen LogP contribution < -0.4 is 9.80 Å². The number of piperazine rings is 1. The standard InChI is InChI=1S/C19H29N5O2/c1-15-4-7-22(8-5-15)17-2-3-18(21-20-17)23-9-11-24(12-10-23)19(25)16-6-13-26-14-16/h2-3,15-16H,4-14H2,1H3. The molecule has 1 aromatic rings. The molecular weight excluding hydrogens is 330 g/mol. The van der Waals surface area contributed by atoms with Crippen LogP contribution in [0, 0.1) is 11.8 Å². The molecule has 1 unspecified atom stereocenters. The lowest BCUT2D eigenvalue weighted by Crippen LogP contribution is -2.50. The second-order valence-electron chi connectivity index (χ2n) is 7.79. The minimum Gasteiger partial charge on any atom is -0.381 e. The second-order valence-corrected chi connectivity index (χ2v) is 7.79. The van der Waals surface area contributed by atoms with E-state index in [1.165, 1.54) is 12.8 Å². The van der Waals surface area contributed by atoms with Crippen LogP contribution in [0.4, 0.5) is 11.6 Å². The Morgan fingerprint density at radius 1 is 0.962 bits per heavy atom. The van der Waals surface area contributed by atoms with Crippen LogP contribution in [0.1, 0.15) is 26.2 Å². The average Bonchev–Trinajstić information content (AvgIpc) is 3.23. The van der Waals surface area contributed by atoms with Crippen LogP contribution in [0.2, 0.25) is 0 Å². The van der Waals surface area contributed by atoms with Gasteiger partial charge < -0.3 is 19.4 Å². The summed E-state index contributed by atoms with van der Waals surface area (Å²) >= 11 is 0. The van der Waals surface area contributed by atoms with Gasteiger partial charge in [0.25, 0.3) is 0 Å². The molecule has 7 nitrogen and oxygen atoms in total. The summed E-state index contributed by atoms with van der Waals surface area (Å²) in [6.07, 6.45) is 3.32. The van der Waals surface area contributed by atoms with Gasteiger partial charge in [-0.25, -0.2) is 0 Å². The van der Waals surface area contributed by atoms with E-state index in [1.807, 2.05) is 4.90 Å². The summed E-state index contributed by atoms with van der Waals surface area (Å²) in [6, 6.07) is 4.16. The van der Waals surface area contributed by atoms with E-state index < -0.39 is 0 Å². The number of rotatable bonds is 3. The lowest BCUT2D eigenvalue weighted by Gasteiger charge is -2.36. The van der Waals surface area contributed by atoms with Gasteiger partial charge in [0.1, 0.15) is 0 Å². The highest BCUT2D eigenvalue weighted by Crippen LogP contribution is 2.23. The first-order valence-corrected chi connectivity index (χ1v) is 9.91. The lowest BCUT2D eigenvalue weighted by molar-refractivity contribution is -0.135. The predicted molar refractivity (Wildman–Crippen MR) is 100 cm³/mol. The first kappa shape index (κ1) is 17.5. The Hall–Kier alpha value is -1.89. The van der Waals surface area contributed by atoms with Gasteiger partial charge in [0.05, 0.1) is 12.5 Å². The quantitative estimate of drug-likeness (QED) is 0.813. The highest BCUT2D eigenvalue weighted by Gasteiger charge is 2.30. The molecule has 1 atom stereocenters. The van der Waals surface area contributed by atoms with Crippen LogP contribution in [0.3, 0.4) is 0 Å². The van der Waals surface area contributed by atoms with Gasteiger partial charge in [-0.1, -0.05) is 6.92 Å². The number of amides is 1. The zero-order chi connectivity index (χ0) is 17.9. The monoisotopic (exact) mass is 359 g/mol. The van der Waals surface area contributed by atoms with Gasteiger partial charge >= 0.3 is 0 Å². The smallest absolute Gasteiger partial charge is 0.228 e. The molecule has 4 rings (SSSR count). The summed E-state index contributed by atoms with van der Waals surface area (Å²) in [6.45, 7) is 8.89. The predicted octanol–water partition coefficient (Wildman–Crippen LogP) is 1.40. The third-order valence-electron chi connectivity index (χ3n) is 5.94. The molecule has 3 saturated heterocycles. The molecule has 7 heteroatoms. The minimum absolute atomic E-state index is 0.0629. The van der Waals surface area contributed by atoms with E-state index in [1.54, 1.807) is 0 Å². The average molecular weight is 359 g/mol. The molecule has 0 bridgehead atoms. The molecule has 1 aromatic heterocycles. The van der Waals surface area contributed by atoms with Crippen molar-refractivity contribution in [1.29, 1.82) is 0 Å². The normalized spacial score (nSPS) is 25.0. The van der Waals surface area contributed by atoms with Crippen LogP contribution in [0.25, 0.3) is 0 Å². The third kappa shape index (κ3) is 3.77. The molecule has 4 heterocycles. The first-order chi connectivity index (χ1) is 12.7. The maximum absolute atomic E-state index is 12.5. The van der Waals surface area contributed by atoms with E-state index in [4.69, 9.17) is 4.74 Å². The zero-order valence-corrected chi connectivity index (χ0v) is 15.6. The molecule has 0 radical (unpaired) electrons. The van der Waals surface area contributed by atoms with Crippen molar-refractivity contribution in [2.75, 3.05) is 62.3 Å². The number of ether oxygens (including phenoxy) is 1. The van der Waals surface area contributed by atoms with Gasteiger partial charge in [0.2, 0.25) is 5.91 Å². The topological polar surface area (TPSA) is 61.8 Å². The van der Waals surface area contributed by atoms with Crippen molar-refractivity contribution in [3.05, 3.63) is 12.1 Å². The summed E-state index contributed by atoms with van der Waals surface area (Å²) in [4.78, 5) is 19.0. The van der Waals surface area contributed by atoms with E-state index in [0.717, 1.165) is 63.2 Å². The number of carbonyl (C=O) groups is 1. The van der Waals surface area contributed by atoms with Crippen molar-refractivity contribution in [2.24, 2.45) is 11.8 Å². The fraction of sp³-hybridized carbons (Fsp3) is 0.737. The Bertz CT molecular complexity index is 601. The molecule has 0 aromatic carbocycles. The zero-order valence-electron chi connectivity index (χ0n) is 15.6. The molecule has 0 aliphatic carbocycles. The summed E-state index contributed by atoms with van der Waals surface area (Å²) < 4.78 is 5.35. The van der Waals surface area contributed by atoms with Crippen LogP contribution in [0.15, 0.2) is 12.1 Å². The number of piperidine rings is 1. The highest BCUT2D eigenvalue weighted by molar-refractivity contribution is 5.79. The van der Waals surface area contributed by atoms with Gasteiger partial charge in [-0.2, -0.15) is 0 Å². The molecule has 142 valence electrons. The van der Waals surface area contributed by atoms with Crippen LogP contribution >= 0.6 is 0 Å².